The van der Waals surface area contributed by atoms with Gasteiger partial charge in [0.25, 0.3) is 0 Å². The number of ether oxygens (including phenoxy) is 1. The molecular weight excluding hydrogens is 254 g/mol. The molecule has 0 unspecified atom stereocenters. The fraction of sp³-hybridized carbons (Fsp3) is 0.800. The van der Waals surface area contributed by atoms with Gasteiger partial charge in [-0.25, -0.2) is 9.48 Å². The van der Waals surface area contributed by atoms with E-state index in [1.807, 2.05) is 11.6 Å². The third-order valence-corrected chi connectivity index (χ3v) is 3.92. The predicted octanol–water partition coefficient (Wildman–Crippen LogP) is 3.30. The van der Waals surface area contributed by atoms with E-state index in [1.165, 1.54) is 25.7 Å². The van der Waals surface area contributed by atoms with Crippen molar-refractivity contribution in [3.8, 4) is 0 Å². The Bertz CT molecular complexity index is 434. The molecule has 1 heterocycles. The number of esters is 1. The fourth-order valence-electron chi connectivity index (χ4n) is 2.94. The summed E-state index contributed by atoms with van der Waals surface area (Å²) in [6.07, 6.45) is 9.18. The quantitative estimate of drug-likeness (QED) is 0.613. The minimum Gasteiger partial charge on any atom is -0.461 e. The second-order valence-electron chi connectivity index (χ2n) is 5.45. The van der Waals surface area contributed by atoms with E-state index in [2.05, 4.69) is 17.2 Å². The van der Waals surface area contributed by atoms with E-state index in [-0.39, 0.29) is 5.97 Å². The minimum absolute atomic E-state index is 0.337. The van der Waals surface area contributed by atoms with Crippen LogP contribution >= 0.6 is 0 Å². The Kier molecular flexibility index (Phi) is 5.56. The summed E-state index contributed by atoms with van der Waals surface area (Å²) >= 11 is 0. The van der Waals surface area contributed by atoms with Crippen LogP contribution in [0.1, 0.15) is 81.0 Å². The Morgan fingerprint density at radius 3 is 2.55 bits per heavy atom. The van der Waals surface area contributed by atoms with Gasteiger partial charge in [-0.2, -0.15) is 0 Å². The molecule has 2 rings (SSSR count). The topological polar surface area (TPSA) is 57.0 Å². The Balaban J connectivity index is 2.25. The molecule has 5 nitrogen and oxygen atoms in total. The van der Waals surface area contributed by atoms with Gasteiger partial charge in [0.05, 0.1) is 18.3 Å². The Labute approximate surface area is 120 Å². The maximum atomic E-state index is 12.0. The lowest BCUT2D eigenvalue weighted by molar-refractivity contribution is 0.0518. The largest absolute Gasteiger partial charge is 0.461 e. The number of carbonyl (C=O) groups excluding carboxylic acids is 1. The summed E-state index contributed by atoms with van der Waals surface area (Å²) in [6, 6.07) is 0.398. The molecule has 0 N–H and O–H groups in total. The molecule has 1 fully saturated rings. The van der Waals surface area contributed by atoms with Gasteiger partial charge >= 0.3 is 5.97 Å². The Hall–Kier alpha value is -1.39. The van der Waals surface area contributed by atoms with Crippen molar-refractivity contribution in [3.63, 3.8) is 0 Å². The zero-order valence-electron chi connectivity index (χ0n) is 12.6. The number of rotatable bonds is 5. The molecule has 0 aromatic carbocycles. The van der Waals surface area contributed by atoms with E-state index >= 15 is 0 Å². The van der Waals surface area contributed by atoms with Gasteiger partial charge in [0.2, 0.25) is 0 Å². The normalized spacial score (nSPS) is 16.9. The smallest absolute Gasteiger partial charge is 0.360 e. The maximum absolute atomic E-state index is 12.0. The lowest BCUT2D eigenvalue weighted by Crippen LogP contribution is -2.15. The second kappa shape index (κ2) is 7.41. The molecule has 1 aromatic rings. The standard InChI is InChI=1S/C15H25N3O2/c1-3-9-13-14(15(19)20-4-2)16-17-18(13)12-10-7-5-6-8-11-12/h12H,3-11H2,1-2H3. The third-order valence-electron chi connectivity index (χ3n) is 3.92. The molecule has 0 saturated heterocycles. The molecule has 5 heteroatoms. The van der Waals surface area contributed by atoms with Crippen molar-refractivity contribution in [2.24, 2.45) is 0 Å². The van der Waals surface area contributed by atoms with E-state index in [9.17, 15) is 4.79 Å². The monoisotopic (exact) mass is 279 g/mol. The molecule has 112 valence electrons. The highest BCUT2D eigenvalue weighted by atomic mass is 16.5. The van der Waals surface area contributed by atoms with Crippen LogP contribution < -0.4 is 0 Å². The van der Waals surface area contributed by atoms with Gasteiger partial charge in [-0.15, -0.1) is 5.10 Å². The van der Waals surface area contributed by atoms with Crippen molar-refractivity contribution in [1.82, 2.24) is 15.0 Å². The molecule has 0 atom stereocenters. The van der Waals surface area contributed by atoms with Crippen molar-refractivity contribution in [2.75, 3.05) is 6.61 Å². The van der Waals surface area contributed by atoms with Crippen LogP contribution in [-0.2, 0) is 11.2 Å². The van der Waals surface area contributed by atoms with Crippen LogP contribution in [0.25, 0.3) is 0 Å². The lowest BCUT2D eigenvalue weighted by Gasteiger charge is -2.17. The molecule has 0 bridgehead atoms. The van der Waals surface area contributed by atoms with Crippen LogP contribution in [0, 0.1) is 0 Å². The van der Waals surface area contributed by atoms with E-state index in [4.69, 9.17) is 4.74 Å². The van der Waals surface area contributed by atoms with Gasteiger partial charge in [0, 0.05) is 0 Å². The van der Waals surface area contributed by atoms with Gasteiger partial charge < -0.3 is 4.74 Å². The number of carbonyl (C=O) groups is 1. The van der Waals surface area contributed by atoms with Gasteiger partial charge in [-0.1, -0.05) is 44.2 Å². The van der Waals surface area contributed by atoms with E-state index in [0.717, 1.165) is 31.4 Å². The molecule has 0 aliphatic heterocycles. The van der Waals surface area contributed by atoms with Gasteiger partial charge in [0.1, 0.15) is 0 Å². The van der Waals surface area contributed by atoms with Crippen LogP contribution in [0.4, 0.5) is 0 Å². The Morgan fingerprint density at radius 2 is 1.95 bits per heavy atom. The van der Waals surface area contributed by atoms with Crippen molar-refractivity contribution in [1.29, 1.82) is 0 Å². The highest BCUT2D eigenvalue weighted by Crippen LogP contribution is 2.28. The van der Waals surface area contributed by atoms with E-state index in [0.29, 0.717) is 18.3 Å². The van der Waals surface area contributed by atoms with Gasteiger partial charge in [0.15, 0.2) is 5.69 Å². The molecule has 0 radical (unpaired) electrons. The molecular formula is C15H25N3O2. The van der Waals surface area contributed by atoms with E-state index in [1.54, 1.807) is 0 Å². The molecule has 1 aliphatic rings. The maximum Gasteiger partial charge on any atom is 0.360 e. The third kappa shape index (κ3) is 3.38. The summed E-state index contributed by atoms with van der Waals surface area (Å²) in [5.74, 6) is -0.337. The highest BCUT2D eigenvalue weighted by Gasteiger charge is 2.24. The highest BCUT2D eigenvalue weighted by molar-refractivity contribution is 5.88. The second-order valence-corrected chi connectivity index (χ2v) is 5.45. The fourth-order valence-corrected chi connectivity index (χ4v) is 2.94. The Morgan fingerprint density at radius 1 is 1.25 bits per heavy atom. The van der Waals surface area contributed by atoms with Gasteiger partial charge in [-0.05, 0) is 26.2 Å². The zero-order valence-corrected chi connectivity index (χ0v) is 12.6. The first kappa shape index (κ1) is 15.0. The number of nitrogens with zero attached hydrogens (tertiary/aromatic N) is 3. The lowest BCUT2D eigenvalue weighted by atomic mass is 10.1. The summed E-state index contributed by atoms with van der Waals surface area (Å²) < 4.78 is 7.09. The predicted molar refractivity (Wildman–Crippen MR) is 76.7 cm³/mol. The van der Waals surface area contributed by atoms with Crippen molar-refractivity contribution >= 4 is 5.97 Å². The van der Waals surface area contributed by atoms with Crippen molar-refractivity contribution in [2.45, 2.75) is 71.3 Å². The molecule has 1 saturated carbocycles. The van der Waals surface area contributed by atoms with E-state index < -0.39 is 0 Å². The molecule has 1 aliphatic carbocycles. The van der Waals surface area contributed by atoms with Crippen LogP contribution in [0.15, 0.2) is 0 Å². The average molecular weight is 279 g/mol. The summed E-state index contributed by atoms with van der Waals surface area (Å²) in [5.41, 5.74) is 1.37. The SMILES string of the molecule is CCCc1c(C(=O)OCC)nnn1C1CCCCCC1. The number of hydrogen-bond acceptors (Lipinski definition) is 4. The molecule has 0 spiro atoms. The molecule has 20 heavy (non-hydrogen) atoms. The van der Waals surface area contributed by atoms with Crippen LogP contribution in [0.2, 0.25) is 0 Å². The average Bonchev–Trinajstić information content (AvgIpc) is 2.68. The molecule has 1 aromatic heterocycles. The first-order valence-corrected chi connectivity index (χ1v) is 7.89. The van der Waals surface area contributed by atoms with Crippen molar-refractivity contribution < 1.29 is 9.53 Å². The van der Waals surface area contributed by atoms with Crippen molar-refractivity contribution in [3.05, 3.63) is 11.4 Å². The first-order valence-electron chi connectivity index (χ1n) is 7.89. The molecule has 0 amide bonds. The summed E-state index contributed by atoms with van der Waals surface area (Å²) in [5, 5.41) is 8.37. The zero-order chi connectivity index (χ0) is 14.4. The summed E-state index contributed by atoms with van der Waals surface area (Å²) in [7, 11) is 0. The number of aromatic nitrogens is 3. The summed E-state index contributed by atoms with van der Waals surface area (Å²) in [4.78, 5) is 12.0. The number of hydrogen-bond donors (Lipinski definition) is 0. The first-order chi connectivity index (χ1) is 9.77. The minimum atomic E-state index is -0.337. The van der Waals surface area contributed by atoms with Crippen LogP contribution in [0.3, 0.4) is 0 Å². The van der Waals surface area contributed by atoms with Gasteiger partial charge in [-0.3, -0.25) is 0 Å². The van der Waals surface area contributed by atoms with Crippen LogP contribution in [-0.4, -0.2) is 27.6 Å². The summed E-state index contributed by atoms with van der Waals surface area (Å²) in [6.45, 7) is 4.30. The van der Waals surface area contributed by atoms with Crippen LogP contribution in [0.5, 0.6) is 0 Å².